The van der Waals surface area contributed by atoms with Crippen LogP contribution in [0.25, 0.3) is 10.9 Å². The number of hydrogen-bond acceptors (Lipinski definition) is 2. The van der Waals surface area contributed by atoms with Crippen molar-refractivity contribution >= 4 is 22.7 Å². The Morgan fingerprint density at radius 2 is 1.60 bits per heavy atom. The molecule has 0 saturated carbocycles. The van der Waals surface area contributed by atoms with Gasteiger partial charge in [-0.25, -0.2) is 0 Å². The van der Waals surface area contributed by atoms with Gasteiger partial charge in [0.1, 0.15) is 0 Å². The van der Waals surface area contributed by atoms with Gasteiger partial charge in [0, 0.05) is 16.6 Å². The fraction of sp³-hybridized carbons (Fsp3) is 0.200. The zero-order chi connectivity index (χ0) is 17.2. The number of aromatic nitrogens is 1. The Kier molecular flexibility index (Phi) is 3.98. The fourth-order valence-corrected chi connectivity index (χ4v) is 3.46. The molecule has 0 aliphatic heterocycles. The Bertz CT molecular complexity index is 944. The quantitative estimate of drug-likeness (QED) is 0.630. The first-order valence-corrected chi connectivity index (χ1v) is 8.52. The number of para-hydroxylation sites is 1. The monoisotopic (exact) mass is 333 g/mol. The smallest absolute Gasteiger partial charge is 0.271 e. The summed E-state index contributed by atoms with van der Waals surface area (Å²) in [5.74, 6) is -0.666. The van der Waals surface area contributed by atoms with E-state index >= 15 is 0 Å². The predicted molar refractivity (Wildman–Crippen MR) is 96.3 cm³/mol. The van der Waals surface area contributed by atoms with Crippen molar-refractivity contribution in [3.63, 3.8) is 0 Å². The molecule has 126 valence electrons. The topological polar surface area (TPSA) is 74.0 Å². The lowest BCUT2D eigenvalue weighted by molar-refractivity contribution is 0.0847. The van der Waals surface area contributed by atoms with Gasteiger partial charge in [-0.15, -0.1) is 0 Å². The third kappa shape index (κ3) is 2.89. The molecule has 0 fully saturated rings. The highest BCUT2D eigenvalue weighted by atomic mass is 16.2. The first kappa shape index (κ1) is 15.4. The maximum absolute atomic E-state index is 12.6. The Morgan fingerprint density at radius 3 is 2.44 bits per heavy atom. The molecule has 1 aliphatic carbocycles. The highest BCUT2D eigenvalue weighted by Gasteiger charge is 2.19. The average molecular weight is 333 g/mol. The third-order valence-electron chi connectivity index (χ3n) is 4.70. The average Bonchev–Trinajstić information content (AvgIpc) is 3.05. The van der Waals surface area contributed by atoms with Crippen molar-refractivity contribution in [2.75, 3.05) is 0 Å². The van der Waals surface area contributed by atoms with Gasteiger partial charge in [-0.1, -0.05) is 30.3 Å². The normalized spacial score (nSPS) is 13.3. The molecule has 2 aromatic carbocycles. The number of carbonyl (C=O) groups is 2. The van der Waals surface area contributed by atoms with E-state index in [-0.39, 0.29) is 11.8 Å². The molecule has 1 heterocycles. The molecule has 0 atom stereocenters. The highest BCUT2D eigenvalue weighted by molar-refractivity contribution is 6.07. The molecule has 5 heteroatoms. The molecular weight excluding hydrogens is 314 g/mol. The van der Waals surface area contributed by atoms with Crippen LogP contribution in [0.1, 0.15) is 44.8 Å². The van der Waals surface area contributed by atoms with E-state index in [0.29, 0.717) is 11.1 Å². The van der Waals surface area contributed by atoms with Crippen molar-refractivity contribution in [1.82, 2.24) is 15.8 Å². The summed E-state index contributed by atoms with van der Waals surface area (Å²) in [4.78, 5) is 28.0. The minimum absolute atomic E-state index is 0.325. The zero-order valence-corrected chi connectivity index (χ0v) is 13.8. The van der Waals surface area contributed by atoms with Crippen LogP contribution in [0.15, 0.2) is 48.5 Å². The van der Waals surface area contributed by atoms with Gasteiger partial charge in [0.2, 0.25) is 0 Å². The predicted octanol–water partition coefficient (Wildman–Crippen LogP) is 3.12. The second kappa shape index (κ2) is 6.43. The summed E-state index contributed by atoms with van der Waals surface area (Å²) >= 11 is 0. The van der Waals surface area contributed by atoms with Crippen molar-refractivity contribution in [1.29, 1.82) is 0 Å². The summed E-state index contributed by atoms with van der Waals surface area (Å²) in [5, 5.41) is 1.11. The molecule has 3 N–H and O–H groups in total. The number of amides is 2. The second-order valence-electron chi connectivity index (χ2n) is 6.29. The SMILES string of the molecule is O=C(NNC(=O)c1cccc2c3c([nH]c12)CCCC3)c1ccccc1. The van der Waals surface area contributed by atoms with Crippen LogP contribution < -0.4 is 10.9 Å². The molecule has 0 radical (unpaired) electrons. The molecule has 0 unspecified atom stereocenters. The third-order valence-corrected chi connectivity index (χ3v) is 4.70. The fourth-order valence-electron chi connectivity index (χ4n) is 3.46. The molecular formula is C20H19N3O2. The Labute approximate surface area is 145 Å². The van der Waals surface area contributed by atoms with Crippen LogP contribution >= 0.6 is 0 Å². The van der Waals surface area contributed by atoms with Gasteiger partial charge in [-0.05, 0) is 49.4 Å². The summed E-state index contributed by atoms with van der Waals surface area (Å²) in [5.41, 5.74) is 9.42. The number of benzene rings is 2. The van der Waals surface area contributed by atoms with Crippen molar-refractivity contribution in [2.24, 2.45) is 0 Å². The highest BCUT2D eigenvalue weighted by Crippen LogP contribution is 2.30. The molecule has 1 aliphatic rings. The van der Waals surface area contributed by atoms with Crippen molar-refractivity contribution in [3.05, 3.63) is 70.9 Å². The first-order chi connectivity index (χ1) is 12.2. The Hall–Kier alpha value is -3.08. The molecule has 0 bridgehead atoms. The molecule has 2 amide bonds. The first-order valence-electron chi connectivity index (χ1n) is 8.52. The molecule has 0 saturated heterocycles. The van der Waals surface area contributed by atoms with Gasteiger partial charge in [0.05, 0.1) is 11.1 Å². The number of hydrazine groups is 1. The number of H-pyrrole nitrogens is 1. The van der Waals surface area contributed by atoms with E-state index in [4.69, 9.17) is 0 Å². The molecule has 0 spiro atoms. The van der Waals surface area contributed by atoms with Gasteiger partial charge < -0.3 is 4.98 Å². The van der Waals surface area contributed by atoms with E-state index < -0.39 is 0 Å². The van der Waals surface area contributed by atoms with E-state index in [9.17, 15) is 9.59 Å². The van der Waals surface area contributed by atoms with Crippen LogP contribution in [0.5, 0.6) is 0 Å². The van der Waals surface area contributed by atoms with Crippen LogP contribution in [0.3, 0.4) is 0 Å². The second-order valence-corrected chi connectivity index (χ2v) is 6.29. The van der Waals surface area contributed by atoms with E-state index in [2.05, 4.69) is 21.9 Å². The van der Waals surface area contributed by atoms with Crippen molar-refractivity contribution in [3.8, 4) is 0 Å². The number of aromatic amines is 1. The lowest BCUT2D eigenvalue weighted by atomic mass is 9.95. The van der Waals surface area contributed by atoms with Gasteiger partial charge in [0.25, 0.3) is 11.8 Å². The Morgan fingerprint density at radius 1 is 0.840 bits per heavy atom. The largest absolute Gasteiger partial charge is 0.358 e. The number of nitrogens with one attached hydrogen (secondary N) is 3. The summed E-state index contributed by atoms with van der Waals surface area (Å²) in [6.07, 6.45) is 4.43. The molecule has 1 aromatic heterocycles. The summed E-state index contributed by atoms with van der Waals surface area (Å²) in [6, 6.07) is 14.5. The van der Waals surface area contributed by atoms with E-state index in [1.54, 1.807) is 30.3 Å². The zero-order valence-electron chi connectivity index (χ0n) is 13.8. The van der Waals surface area contributed by atoms with E-state index in [0.717, 1.165) is 23.7 Å². The van der Waals surface area contributed by atoms with E-state index in [1.165, 1.54) is 24.1 Å². The molecule has 3 aromatic rings. The number of hydrogen-bond donors (Lipinski definition) is 3. The molecule has 25 heavy (non-hydrogen) atoms. The van der Waals surface area contributed by atoms with Crippen molar-refractivity contribution in [2.45, 2.75) is 25.7 Å². The molecule has 5 nitrogen and oxygen atoms in total. The van der Waals surface area contributed by atoms with Crippen LogP contribution in [0.4, 0.5) is 0 Å². The molecule has 4 rings (SSSR count). The number of carbonyl (C=O) groups excluding carboxylic acids is 2. The van der Waals surface area contributed by atoms with Crippen LogP contribution in [0.2, 0.25) is 0 Å². The van der Waals surface area contributed by atoms with Gasteiger partial charge in [-0.2, -0.15) is 0 Å². The number of aryl methyl sites for hydroxylation is 2. The maximum atomic E-state index is 12.6. The van der Waals surface area contributed by atoms with Crippen LogP contribution in [-0.2, 0) is 12.8 Å². The van der Waals surface area contributed by atoms with Crippen molar-refractivity contribution < 1.29 is 9.59 Å². The Balaban J connectivity index is 1.56. The lowest BCUT2D eigenvalue weighted by Gasteiger charge is -2.10. The van der Waals surface area contributed by atoms with Gasteiger partial charge in [-0.3, -0.25) is 20.4 Å². The van der Waals surface area contributed by atoms with E-state index in [1.807, 2.05) is 12.1 Å². The van der Waals surface area contributed by atoms with Crippen LogP contribution in [0, 0.1) is 0 Å². The van der Waals surface area contributed by atoms with Gasteiger partial charge in [0.15, 0.2) is 0 Å². The minimum Gasteiger partial charge on any atom is -0.358 e. The summed E-state index contributed by atoms with van der Waals surface area (Å²) in [6.45, 7) is 0. The number of fused-ring (bicyclic) bond motifs is 3. The van der Waals surface area contributed by atoms with Crippen LogP contribution in [-0.4, -0.2) is 16.8 Å². The minimum atomic E-state index is -0.341. The maximum Gasteiger partial charge on any atom is 0.271 e. The number of rotatable bonds is 2. The lowest BCUT2D eigenvalue weighted by Crippen LogP contribution is -2.41. The standard InChI is InChI=1S/C20H19N3O2/c24-19(13-7-2-1-3-8-13)22-23-20(25)16-11-6-10-15-14-9-4-5-12-17(14)21-18(15)16/h1-3,6-8,10-11,21H,4-5,9,12H2,(H,22,24)(H,23,25). The van der Waals surface area contributed by atoms with Gasteiger partial charge >= 0.3 is 0 Å². The summed E-state index contributed by atoms with van der Waals surface area (Å²) < 4.78 is 0. The summed E-state index contributed by atoms with van der Waals surface area (Å²) in [7, 11) is 0.